The maximum absolute atomic E-state index is 4.11. The van der Waals surface area contributed by atoms with E-state index >= 15 is 0 Å². The highest BCUT2D eigenvalue weighted by molar-refractivity contribution is 6.85. The maximum Gasteiger partial charge on any atom is 0 e. The summed E-state index contributed by atoms with van der Waals surface area (Å²) in [6.45, 7) is 0. The van der Waals surface area contributed by atoms with Crippen molar-refractivity contribution in [3.63, 3.8) is 0 Å². The third-order valence-corrected chi connectivity index (χ3v) is 1.88. The molecule has 0 fully saturated rings. The molecular formula is C12H10Cl2. The minimum atomic E-state index is 1.28. The van der Waals surface area contributed by atoms with Crippen LogP contribution in [0.15, 0.2) is 60.7 Å². The zero-order valence-electron chi connectivity index (χ0n) is 7.53. The van der Waals surface area contributed by atoms with E-state index in [4.69, 9.17) is 0 Å². The second-order valence-electron chi connectivity index (χ2n) is 2.73. The van der Waals surface area contributed by atoms with Gasteiger partial charge in [0.05, 0.1) is 0 Å². The van der Waals surface area contributed by atoms with Gasteiger partial charge in [0.15, 0.2) is 0 Å². The molecule has 14 heavy (non-hydrogen) atoms. The maximum atomic E-state index is 4.11. The van der Waals surface area contributed by atoms with Crippen LogP contribution >= 0.6 is 21.7 Å². The molecule has 0 heterocycles. The van der Waals surface area contributed by atoms with Gasteiger partial charge in [-0.15, -0.1) is 0 Å². The third kappa shape index (κ3) is 3.06. The molecule has 0 amide bonds. The Balaban J connectivity index is 0.000000461. The van der Waals surface area contributed by atoms with Crippen molar-refractivity contribution in [2.24, 2.45) is 0 Å². The van der Waals surface area contributed by atoms with E-state index in [0.717, 1.165) is 0 Å². The largest absolute Gasteiger partial charge is 0.0622 e. The van der Waals surface area contributed by atoms with Crippen molar-refractivity contribution in [3.8, 4) is 11.1 Å². The van der Waals surface area contributed by atoms with Crippen LogP contribution in [0.5, 0.6) is 0 Å². The van der Waals surface area contributed by atoms with E-state index in [1.807, 2.05) is 12.1 Å². The lowest BCUT2D eigenvalue weighted by Crippen LogP contribution is -1.73. The van der Waals surface area contributed by atoms with Crippen molar-refractivity contribution in [2.45, 2.75) is 0 Å². The van der Waals surface area contributed by atoms with E-state index in [9.17, 15) is 0 Å². The highest BCUT2D eigenvalue weighted by atomic mass is 36.5. The molecule has 2 heteroatoms. The normalized spacial score (nSPS) is 8.71. The first-order valence-corrected chi connectivity index (χ1v) is 5.36. The van der Waals surface area contributed by atoms with Crippen LogP contribution in [0, 0.1) is 0 Å². The second kappa shape index (κ2) is 6.47. The molecule has 0 aromatic heterocycles. The quantitative estimate of drug-likeness (QED) is 0.657. The Morgan fingerprint density at radius 3 is 1.07 bits per heavy atom. The highest BCUT2D eigenvalue weighted by Gasteiger charge is 1.91. The molecule has 0 saturated heterocycles. The van der Waals surface area contributed by atoms with Crippen LogP contribution in [0.2, 0.25) is 0 Å². The van der Waals surface area contributed by atoms with Crippen molar-refractivity contribution in [3.05, 3.63) is 60.7 Å². The lowest BCUT2D eigenvalue weighted by atomic mass is 10.1. The molecule has 0 spiro atoms. The number of hydrogen-bond donors (Lipinski definition) is 0. The first-order valence-electron chi connectivity index (χ1n) is 4.21. The molecule has 0 atom stereocenters. The van der Waals surface area contributed by atoms with Crippen LogP contribution in [-0.2, 0) is 0 Å². The molecule has 0 unspecified atom stereocenters. The Morgan fingerprint density at radius 2 is 0.786 bits per heavy atom. The Morgan fingerprint density at radius 1 is 0.500 bits per heavy atom. The summed E-state index contributed by atoms with van der Waals surface area (Å²) in [5.41, 5.74) is 2.55. The van der Waals surface area contributed by atoms with Crippen LogP contribution < -0.4 is 0 Å². The molecule has 0 radical (unpaired) electrons. The van der Waals surface area contributed by atoms with Gasteiger partial charge in [-0.1, -0.05) is 60.7 Å². The molecule has 0 aliphatic carbocycles. The summed E-state index contributed by atoms with van der Waals surface area (Å²) in [5, 5.41) is 0. The summed E-state index contributed by atoms with van der Waals surface area (Å²) in [6.07, 6.45) is 0. The van der Waals surface area contributed by atoms with Crippen molar-refractivity contribution < 1.29 is 0 Å². The monoisotopic (exact) mass is 224 g/mol. The zero-order chi connectivity index (χ0) is 10.2. The standard InChI is InChI=1S/C12H10.Cl2/c1-3-7-11(8-4-1)12-9-5-2-6-10-12;1-2/h1-10H;. The van der Waals surface area contributed by atoms with Crippen LogP contribution in [0.3, 0.4) is 0 Å². The molecule has 0 nitrogen and oxygen atoms in total. The van der Waals surface area contributed by atoms with Crippen LogP contribution in [0.25, 0.3) is 11.1 Å². The SMILES string of the molecule is ClCl.c1ccc(-c2ccccc2)cc1. The van der Waals surface area contributed by atoms with Gasteiger partial charge in [0, 0.05) is 21.7 Å². The lowest BCUT2D eigenvalue weighted by molar-refractivity contribution is 1.62. The minimum absolute atomic E-state index is 1.28. The fraction of sp³-hybridized carbons (Fsp3) is 0. The lowest BCUT2D eigenvalue weighted by Gasteiger charge is -1.98. The van der Waals surface area contributed by atoms with E-state index in [2.05, 4.69) is 70.2 Å². The Bertz CT molecular complexity index is 306. The molecule has 2 rings (SSSR count). The fourth-order valence-corrected chi connectivity index (χ4v) is 1.26. The summed E-state index contributed by atoms with van der Waals surface area (Å²) < 4.78 is 0. The van der Waals surface area contributed by atoms with Gasteiger partial charge in [-0.05, 0) is 11.1 Å². The summed E-state index contributed by atoms with van der Waals surface area (Å²) in [7, 11) is 8.22. The number of benzene rings is 2. The Hall–Kier alpha value is -0.980. The average molecular weight is 225 g/mol. The van der Waals surface area contributed by atoms with Gasteiger partial charge in [-0.3, -0.25) is 0 Å². The molecule has 2 aromatic carbocycles. The molecule has 72 valence electrons. The predicted molar refractivity (Wildman–Crippen MR) is 63.6 cm³/mol. The van der Waals surface area contributed by atoms with Gasteiger partial charge >= 0.3 is 0 Å². The van der Waals surface area contributed by atoms with Gasteiger partial charge in [0.2, 0.25) is 0 Å². The van der Waals surface area contributed by atoms with Crippen molar-refractivity contribution in [2.75, 3.05) is 0 Å². The van der Waals surface area contributed by atoms with Crippen LogP contribution in [-0.4, -0.2) is 0 Å². The summed E-state index contributed by atoms with van der Waals surface area (Å²) in [4.78, 5) is 0. The Labute approximate surface area is 93.7 Å². The second-order valence-corrected chi connectivity index (χ2v) is 2.73. The molecule has 0 saturated carbocycles. The topological polar surface area (TPSA) is 0 Å². The smallest absolute Gasteiger partial charge is 0 e. The van der Waals surface area contributed by atoms with Gasteiger partial charge in [0.1, 0.15) is 0 Å². The molecule has 0 aliphatic heterocycles. The van der Waals surface area contributed by atoms with Gasteiger partial charge in [0.25, 0.3) is 0 Å². The number of hydrogen-bond acceptors (Lipinski definition) is 0. The van der Waals surface area contributed by atoms with E-state index < -0.39 is 0 Å². The molecular weight excluding hydrogens is 215 g/mol. The predicted octanol–water partition coefficient (Wildman–Crippen LogP) is 4.73. The van der Waals surface area contributed by atoms with Crippen LogP contribution in [0.1, 0.15) is 0 Å². The van der Waals surface area contributed by atoms with Crippen molar-refractivity contribution in [1.29, 1.82) is 0 Å². The van der Waals surface area contributed by atoms with E-state index in [-0.39, 0.29) is 0 Å². The Kier molecular flexibility index (Phi) is 5.13. The summed E-state index contributed by atoms with van der Waals surface area (Å²) in [5.74, 6) is 0. The van der Waals surface area contributed by atoms with E-state index in [1.165, 1.54) is 11.1 Å². The summed E-state index contributed by atoms with van der Waals surface area (Å²) in [6, 6.07) is 20.8. The zero-order valence-corrected chi connectivity index (χ0v) is 9.04. The number of rotatable bonds is 1. The van der Waals surface area contributed by atoms with Crippen molar-refractivity contribution >= 4 is 21.7 Å². The molecule has 2 aromatic rings. The van der Waals surface area contributed by atoms with Gasteiger partial charge < -0.3 is 0 Å². The first-order chi connectivity index (χ1) is 6.97. The van der Waals surface area contributed by atoms with E-state index in [1.54, 1.807) is 0 Å². The minimum Gasteiger partial charge on any atom is -0.0622 e. The molecule has 0 N–H and O–H groups in total. The van der Waals surface area contributed by atoms with Crippen molar-refractivity contribution in [1.82, 2.24) is 0 Å². The average Bonchev–Trinajstić information content (AvgIpc) is 2.34. The molecule has 0 bridgehead atoms. The molecule has 0 aliphatic rings. The first kappa shape index (κ1) is 11.1. The van der Waals surface area contributed by atoms with E-state index in [0.29, 0.717) is 0 Å². The van der Waals surface area contributed by atoms with Crippen LogP contribution in [0.4, 0.5) is 0 Å². The number of halogens is 2. The summed E-state index contributed by atoms with van der Waals surface area (Å²) >= 11 is 0. The van der Waals surface area contributed by atoms with Gasteiger partial charge in [-0.2, -0.15) is 0 Å². The third-order valence-electron chi connectivity index (χ3n) is 1.88. The fourth-order valence-electron chi connectivity index (χ4n) is 1.26. The van der Waals surface area contributed by atoms with Gasteiger partial charge in [-0.25, -0.2) is 0 Å². The highest BCUT2D eigenvalue weighted by Crippen LogP contribution is 2.17.